The molecule has 0 spiro atoms. The summed E-state index contributed by atoms with van der Waals surface area (Å²) in [5.74, 6) is -2.75. The lowest BCUT2D eigenvalue weighted by Gasteiger charge is -2.10. The van der Waals surface area contributed by atoms with Crippen molar-refractivity contribution in [2.75, 3.05) is 13.7 Å². The second-order valence-corrected chi connectivity index (χ2v) is 4.68. The van der Waals surface area contributed by atoms with Crippen molar-refractivity contribution in [3.05, 3.63) is 46.6 Å². The van der Waals surface area contributed by atoms with Crippen molar-refractivity contribution < 1.29 is 23.1 Å². The van der Waals surface area contributed by atoms with Gasteiger partial charge in [0, 0.05) is 23.8 Å². The van der Waals surface area contributed by atoms with Crippen LogP contribution in [0.4, 0.5) is 8.78 Å². The van der Waals surface area contributed by atoms with Crippen LogP contribution in [0.15, 0.2) is 41.1 Å². The third kappa shape index (κ3) is 5.78. The minimum Gasteiger partial charge on any atom is -0.462 e. The van der Waals surface area contributed by atoms with E-state index in [9.17, 15) is 18.4 Å². The molecule has 0 aliphatic heterocycles. The maximum atomic E-state index is 12.6. The van der Waals surface area contributed by atoms with Gasteiger partial charge < -0.3 is 4.74 Å². The molecule has 0 N–H and O–H groups in total. The number of carbonyl (C=O) groups is 2. The average molecular weight is 345 g/mol. The number of carbonyl (C=O) groups excluding carboxylic acids is 2. The third-order valence-corrected chi connectivity index (χ3v) is 2.90. The van der Waals surface area contributed by atoms with E-state index < -0.39 is 23.8 Å². The second-order valence-electron chi connectivity index (χ2n) is 4.27. The monoisotopic (exact) mass is 344 g/mol. The molecule has 23 heavy (non-hydrogen) atoms. The Hall–Kier alpha value is -2.28. The van der Waals surface area contributed by atoms with E-state index in [0.29, 0.717) is 10.6 Å². The van der Waals surface area contributed by atoms with Crippen molar-refractivity contribution in [2.24, 2.45) is 5.10 Å². The van der Waals surface area contributed by atoms with Crippen LogP contribution in [-0.4, -0.2) is 43.1 Å². The van der Waals surface area contributed by atoms with Crippen LogP contribution in [0.2, 0.25) is 5.02 Å². The first kappa shape index (κ1) is 18.8. The number of hydrazone groups is 1. The molecule has 0 bridgehead atoms. The Bertz CT molecular complexity index is 633. The van der Waals surface area contributed by atoms with Crippen LogP contribution in [0.5, 0.6) is 0 Å². The highest BCUT2D eigenvalue weighted by atomic mass is 35.5. The summed E-state index contributed by atoms with van der Waals surface area (Å²) in [7, 11) is 1.38. The molecule has 1 rings (SSSR count). The van der Waals surface area contributed by atoms with Crippen molar-refractivity contribution in [1.82, 2.24) is 5.01 Å². The zero-order valence-electron chi connectivity index (χ0n) is 12.5. The number of nitrogens with zero attached hydrogens (tertiary/aromatic N) is 2. The Morgan fingerprint density at radius 2 is 2.04 bits per heavy atom. The predicted octanol–water partition coefficient (Wildman–Crippen LogP) is 2.89. The normalized spacial score (nSPS) is 11.8. The highest BCUT2D eigenvalue weighted by molar-refractivity contribution is 6.33. The Labute approximate surface area is 137 Å². The topological polar surface area (TPSA) is 59.0 Å². The Morgan fingerprint density at radius 1 is 1.39 bits per heavy atom. The van der Waals surface area contributed by atoms with Crippen LogP contribution in [0.25, 0.3) is 0 Å². The van der Waals surface area contributed by atoms with Crippen molar-refractivity contribution in [3.63, 3.8) is 0 Å². The minimum absolute atomic E-state index is 0.0424. The molecule has 0 amide bonds. The van der Waals surface area contributed by atoms with Gasteiger partial charge in [0.25, 0.3) is 0 Å². The number of halogens is 3. The lowest BCUT2D eigenvalue weighted by Crippen LogP contribution is -2.23. The van der Waals surface area contributed by atoms with Gasteiger partial charge in [-0.2, -0.15) is 5.10 Å². The summed E-state index contributed by atoms with van der Waals surface area (Å²) < 4.78 is 29.7. The molecule has 0 aliphatic carbocycles. The molecule has 0 heterocycles. The molecule has 0 radical (unpaired) electrons. The molecule has 0 fully saturated rings. The Balaban J connectivity index is 2.99. The molecule has 0 atom stereocenters. The van der Waals surface area contributed by atoms with Gasteiger partial charge in [0.05, 0.1) is 12.8 Å². The van der Waals surface area contributed by atoms with Gasteiger partial charge in [-0.25, -0.2) is 13.6 Å². The molecule has 8 heteroatoms. The summed E-state index contributed by atoms with van der Waals surface area (Å²) in [6.45, 7) is 1.46. The standard InChI is InChI=1S/C15H15ClF2N2O3/c1-3-23-15(22)11(13(21)14(17)18)9-20(2)19-8-10-6-4-5-7-12(10)16/h4-9,14H,3H2,1-2H3. The number of alkyl halides is 2. The summed E-state index contributed by atoms with van der Waals surface area (Å²) in [6.07, 6.45) is -1.06. The molecule has 5 nitrogen and oxygen atoms in total. The molecular formula is C15H15ClF2N2O3. The van der Waals surface area contributed by atoms with E-state index in [1.165, 1.54) is 20.2 Å². The maximum absolute atomic E-state index is 12.6. The van der Waals surface area contributed by atoms with E-state index in [1.807, 2.05) is 0 Å². The van der Waals surface area contributed by atoms with E-state index in [4.69, 9.17) is 11.6 Å². The molecule has 0 unspecified atom stereocenters. The first-order valence-corrected chi connectivity index (χ1v) is 6.97. The van der Waals surface area contributed by atoms with Crippen LogP contribution < -0.4 is 0 Å². The lowest BCUT2D eigenvalue weighted by molar-refractivity contribution is -0.141. The number of hydrogen-bond donors (Lipinski definition) is 0. The quantitative estimate of drug-likeness (QED) is 0.190. The van der Waals surface area contributed by atoms with Crippen LogP contribution >= 0.6 is 11.6 Å². The number of ketones is 1. The molecule has 1 aromatic carbocycles. The third-order valence-electron chi connectivity index (χ3n) is 2.56. The fraction of sp³-hybridized carbons (Fsp3) is 0.267. The summed E-state index contributed by atoms with van der Waals surface area (Å²) in [6, 6.07) is 6.83. The fourth-order valence-corrected chi connectivity index (χ4v) is 1.68. The van der Waals surface area contributed by atoms with Crippen LogP contribution in [0, 0.1) is 0 Å². The smallest absolute Gasteiger partial charge is 0.343 e. The van der Waals surface area contributed by atoms with Gasteiger partial charge in [-0.3, -0.25) is 9.80 Å². The van der Waals surface area contributed by atoms with Crippen LogP contribution in [0.3, 0.4) is 0 Å². The van der Waals surface area contributed by atoms with Gasteiger partial charge in [-0.1, -0.05) is 29.8 Å². The van der Waals surface area contributed by atoms with Gasteiger partial charge in [0.15, 0.2) is 0 Å². The predicted molar refractivity (Wildman–Crippen MR) is 82.5 cm³/mol. The van der Waals surface area contributed by atoms with Gasteiger partial charge in [-0.15, -0.1) is 0 Å². The highest BCUT2D eigenvalue weighted by Crippen LogP contribution is 2.13. The Kier molecular flexibility index (Phi) is 7.34. The minimum atomic E-state index is -3.31. The maximum Gasteiger partial charge on any atom is 0.343 e. The molecule has 0 aliphatic rings. The molecule has 1 aromatic rings. The van der Waals surface area contributed by atoms with Crippen LogP contribution in [-0.2, 0) is 14.3 Å². The number of rotatable bonds is 7. The summed E-state index contributed by atoms with van der Waals surface area (Å²) >= 11 is 5.94. The first-order chi connectivity index (χ1) is 10.9. The van der Waals surface area contributed by atoms with Gasteiger partial charge in [-0.05, 0) is 13.0 Å². The average Bonchev–Trinajstić information content (AvgIpc) is 2.51. The van der Waals surface area contributed by atoms with E-state index >= 15 is 0 Å². The number of ether oxygens (including phenoxy) is 1. The van der Waals surface area contributed by atoms with Crippen molar-refractivity contribution in [1.29, 1.82) is 0 Å². The summed E-state index contributed by atoms with van der Waals surface area (Å²) in [5, 5.41) is 5.42. The Morgan fingerprint density at radius 3 is 2.61 bits per heavy atom. The first-order valence-electron chi connectivity index (χ1n) is 6.59. The van der Waals surface area contributed by atoms with Crippen LogP contribution in [0.1, 0.15) is 12.5 Å². The zero-order chi connectivity index (χ0) is 17.4. The van der Waals surface area contributed by atoms with Crippen molar-refractivity contribution in [3.8, 4) is 0 Å². The molecule has 0 aromatic heterocycles. The highest BCUT2D eigenvalue weighted by Gasteiger charge is 2.27. The van der Waals surface area contributed by atoms with E-state index in [-0.39, 0.29) is 6.61 Å². The summed E-state index contributed by atoms with van der Waals surface area (Å²) in [4.78, 5) is 23.0. The van der Waals surface area contributed by atoms with Gasteiger partial charge in [0.1, 0.15) is 5.57 Å². The van der Waals surface area contributed by atoms with Crippen molar-refractivity contribution in [2.45, 2.75) is 13.3 Å². The van der Waals surface area contributed by atoms with E-state index in [2.05, 4.69) is 9.84 Å². The fourth-order valence-electron chi connectivity index (χ4n) is 1.50. The number of benzene rings is 1. The van der Waals surface area contributed by atoms with Gasteiger partial charge in [0.2, 0.25) is 5.78 Å². The second kappa shape index (κ2) is 8.99. The van der Waals surface area contributed by atoms with Crippen molar-refractivity contribution >= 4 is 29.6 Å². The lowest BCUT2D eigenvalue weighted by atomic mass is 10.2. The molecular weight excluding hydrogens is 330 g/mol. The summed E-state index contributed by atoms with van der Waals surface area (Å²) in [5.41, 5.74) is -0.187. The van der Waals surface area contributed by atoms with Gasteiger partial charge >= 0.3 is 12.4 Å². The zero-order valence-corrected chi connectivity index (χ0v) is 13.3. The number of Topliss-reactive ketones (excluding diaryl/α,β-unsaturated/α-hetero) is 1. The SMILES string of the molecule is CCOC(=O)C(=CN(C)N=Cc1ccccc1Cl)C(=O)C(F)F. The van der Waals surface area contributed by atoms with E-state index in [0.717, 1.165) is 11.2 Å². The number of hydrogen-bond acceptors (Lipinski definition) is 5. The molecule has 0 saturated heterocycles. The molecule has 0 saturated carbocycles. The largest absolute Gasteiger partial charge is 0.462 e. The molecule has 124 valence electrons. The van der Waals surface area contributed by atoms with E-state index in [1.54, 1.807) is 24.3 Å². The number of esters is 1.